The number of nitrogens with zero attached hydrogens (tertiary/aromatic N) is 4. The Kier molecular flexibility index (Phi) is 4.48. The first-order chi connectivity index (χ1) is 9.95. The molecule has 0 radical (unpaired) electrons. The average Bonchev–Trinajstić information content (AvgIpc) is 2.97. The van der Waals surface area contributed by atoms with E-state index in [9.17, 15) is 14.4 Å². The van der Waals surface area contributed by atoms with E-state index < -0.39 is 5.97 Å². The normalized spacial score (nSPS) is 10.5. The summed E-state index contributed by atoms with van der Waals surface area (Å²) in [6.45, 7) is 1.53. The monoisotopic (exact) mass is 311 g/mol. The zero-order valence-corrected chi connectivity index (χ0v) is 12.0. The Bertz CT molecular complexity index is 716. The first-order valence-corrected chi connectivity index (χ1v) is 6.86. The van der Waals surface area contributed by atoms with E-state index in [1.54, 1.807) is 12.3 Å². The zero-order valence-electron chi connectivity index (χ0n) is 11.1. The SMILES string of the molecule is Cc1csc(=O)n1CC(=O)NCc1cn(CC(=O)O)nn1. The number of thiazole rings is 1. The molecular weight excluding hydrogens is 298 g/mol. The van der Waals surface area contributed by atoms with Crippen LogP contribution in [0.15, 0.2) is 16.4 Å². The van der Waals surface area contributed by atoms with Crippen molar-refractivity contribution in [3.8, 4) is 0 Å². The molecule has 0 fully saturated rings. The average molecular weight is 311 g/mol. The molecule has 0 aromatic carbocycles. The van der Waals surface area contributed by atoms with Crippen LogP contribution in [0.3, 0.4) is 0 Å². The van der Waals surface area contributed by atoms with Crippen molar-refractivity contribution in [1.29, 1.82) is 0 Å². The van der Waals surface area contributed by atoms with Gasteiger partial charge in [-0.25, -0.2) is 4.68 Å². The second kappa shape index (κ2) is 6.31. The van der Waals surface area contributed by atoms with E-state index in [2.05, 4.69) is 15.6 Å². The lowest BCUT2D eigenvalue weighted by molar-refractivity contribution is -0.138. The number of hydrogen-bond donors (Lipinski definition) is 2. The first kappa shape index (κ1) is 14.9. The number of aliphatic carboxylic acids is 1. The summed E-state index contributed by atoms with van der Waals surface area (Å²) in [5, 5.41) is 20.2. The van der Waals surface area contributed by atoms with Crippen LogP contribution in [0, 0.1) is 6.92 Å². The maximum Gasteiger partial charge on any atom is 0.325 e. The van der Waals surface area contributed by atoms with Crippen LogP contribution in [0.2, 0.25) is 0 Å². The van der Waals surface area contributed by atoms with Gasteiger partial charge in [0.1, 0.15) is 18.8 Å². The van der Waals surface area contributed by atoms with Gasteiger partial charge < -0.3 is 10.4 Å². The fourth-order valence-corrected chi connectivity index (χ4v) is 2.35. The highest BCUT2D eigenvalue weighted by Gasteiger charge is 2.09. The fraction of sp³-hybridized carbons (Fsp3) is 0.364. The second-order valence-electron chi connectivity index (χ2n) is 4.31. The lowest BCUT2D eigenvalue weighted by Crippen LogP contribution is -2.30. The van der Waals surface area contributed by atoms with E-state index in [0.717, 1.165) is 21.7 Å². The number of hydrogen-bond acceptors (Lipinski definition) is 6. The molecule has 9 nitrogen and oxygen atoms in total. The first-order valence-electron chi connectivity index (χ1n) is 5.98. The Morgan fingerprint density at radius 2 is 2.19 bits per heavy atom. The van der Waals surface area contributed by atoms with Gasteiger partial charge in [-0.2, -0.15) is 0 Å². The lowest BCUT2D eigenvalue weighted by atomic mass is 10.4. The minimum Gasteiger partial charge on any atom is -0.480 e. The lowest BCUT2D eigenvalue weighted by Gasteiger charge is -2.04. The van der Waals surface area contributed by atoms with Gasteiger partial charge in [0.2, 0.25) is 5.91 Å². The highest BCUT2D eigenvalue weighted by Crippen LogP contribution is 1.99. The van der Waals surface area contributed by atoms with Crippen LogP contribution in [-0.2, 0) is 29.2 Å². The van der Waals surface area contributed by atoms with Gasteiger partial charge in [-0.3, -0.25) is 19.0 Å². The summed E-state index contributed by atoms with van der Waals surface area (Å²) in [5.74, 6) is -1.35. The molecule has 0 unspecified atom stereocenters. The molecule has 21 heavy (non-hydrogen) atoms. The summed E-state index contributed by atoms with van der Waals surface area (Å²) in [6.07, 6.45) is 1.44. The molecule has 10 heteroatoms. The smallest absolute Gasteiger partial charge is 0.325 e. The minimum atomic E-state index is -1.03. The number of aryl methyl sites for hydroxylation is 1. The molecule has 0 aliphatic carbocycles. The van der Waals surface area contributed by atoms with Crippen LogP contribution >= 0.6 is 11.3 Å². The summed E-state index contributed by atoms with van der Waals surface area (Å²) in [6, 6.07) is 0. The van der Waals surface area contributed by atoms with E-state index in [0.29, 0.717) is 5.69 Å². The van der Waals surface area contributed by atoms with Crippen LogP contribution in [-0.4, -0.2) is 36.5 Å². The molecule has 0 saturated heterocycles. The van der Waals surface area contributed by atoms with Gasteiger partial charge in [-0.1, -0.05) is 16.6 Å². The van der Waals surface area contributed by atoms with Crippen molar-refractivity contribution in [3.63, 3.8) is 0 Å². The molecular formula is C11H13N5O4S. The fourth-order valence-electron chi connectivity index (χ4n) is 1.62. The summed E-state index contributed by atoms with van der Waals surface area (Å²) in [5.41, 5.74) is 1.17. The van der Waals surface area contributed by atoms with E-state index in [1.807, 2.05) is 0 Å². The van der Waals surface area contributed by atoms with Gasteiger partial charge >= 0.3 is 10.8 Å². The number of nitrogens with one attached hydrogen (secondary N) is 1. The molecule has 1 amide bonds. The summed E-state index contributed by atoms with van der Waals surface area (Å²) >= 11 is 1.04. The number of carbonyl (C=O) groups is 2. The van der Waals surface area contributed by atoms with E-state index in [-0.39, 0.29) is 30.4 Å². The second-order valence-corrected chi connectivity index (χ2v) is 5.13. The number of carboxylic acid groups (broad SMARTS) is 1. The predicted octanol–water partition coefficient (Wildman–Crippen LogP) is -0.789. The zero-order chi connectivity index (χ0) is 15.4. The number of carboxylic acids is 1. The van der Waals surface area contributed by atoms with Crippen molar-refractivity contribution >= 4 is 23.2 Å². The quantitative estimate of drug-likeness (QED) is 0.721. The largest absolute Gasteiger partial charge is 0.480 e. The summed E-state index contributed by atoms with van der Waals surface area (Å²) in [7, 11) is 0. The van der Waals surface area contributed by atoms with Gasteiger partial charge in [0, 0.05) is 11.1 Å². The third-order valence-corrected chi connectivity index (χ3v) is 3.51. The summed E-state index contributed by atoms with van der Waals surface area (Å²) < 4.78 is 2.54. The van der Waals surface area contributed by atoms with Crippen LogP contribution in [0.5, 0.6) is 0 Å². The van der Waals surface area contributed by atoms with Gasteiger partial charge in [-0.05, 0) is 6.92 Å². The van der Waals surface area contributed by atoms with Crippen LogP contribution in [0.25, 0.3) is 0 Å². The molecule has 0 aliphatic heterocycles. The van der Waals surface area contributed by atoms with Crippen LogP contribution in [0.4, 0.5) is 0 Å². The number of aromatic nitrogens is 4. The third-order valence-electron chi connectivity index (χ3n) is 2.63. The highest BCUT2D eigenvalue weighted by atomic mass is 32.1. The minimum absolute atomic E-state index is 0.0581. The van der Waals surface area contributed by atoms with Gasteiger partial charge in [0.25, 0.3) is 0 Å². The highest BCUT2D eigenvalue weighted by molar-refractivity contribution is 7.07. The molecule has 0 saturated carbocycles. The Balaban J connectivity index is 1.88. The Morgan fingerprint density at radius 3 is 2.81 bits per heavy atom. The van der Waals surface area contributed by atoms with Crippen LogP contribution in [0.1, 0.15) is 11.4 Å². The predicted molar refractivity (Wildman–Crippen MR) is 72.8 cm³/mol. The van der Waals surface area contributed by atoms with Gasteiger partial charge in [-0.15, -0.1) is 5.10 Å². The molecule has 0 atom stereocenters. The number of carbonyl (C=O) groups excluding carboxylic acids is 1. The molecule has 2 aromatic heterocycles. The Labute approximate surface area is 122 Å². The third kappa shape index (κ3) is 3.99. The van der Waals surface area contributed by atoms with E-state index >= 15 is 0 Å². The van der Waals surface area contributed by atoms with Crippen molar-refractivity contribution in [2.45, 2.75) is 26.6 Å². The summed E-state index contributed by atoms with van der Waals surface area (Å²) in [4.78, 5) is 33.5. The molecule has 0 spiro atoms. The molecule has 2 N–H and O–H groups in total. The maximum atomic E-state index is 11.8. The Hall–Kier alpha value is -2.49. The van der Waals surface area contributed by atoms with Crippen molar-refractivity contribution in [2.75, 3.05) is 0 Å². The van der Waals surface area contributed by atoms with E-state index in [1.165, 1.54) is 10.8 Å². The standard InChI is InChI=1S/C11H13N5O4S/c1-7-6-21-11(20)16(7)4-9(17)12-2-8-3-15(14-13-8)5-10(18)19/h3,6H,2,4-5H2,1H3,(H,12,17)(H,18,19). The van der Waals surface area contributed by atoms with Gasteiger partial charge in [0.05, 0.1) is 12.7 Å². The number of amides is 1. The molecule has 0 bridgehead atoms. The van der Waals surface area contributed by atoms with Gasteiger partial charge in [0.15, 0.2) is 0 Å². The van der Waals surface area contributed by atoms with Crippen molar-refractivity contribution in [3.05, 3.63) is 32.6 Å². The van der Waals surface area contributed by atoms with Crippen molar-refractivity contribution < 1.29 is 14.7 Å². The topological polar surface area (TPSA) is 119 Å². The number of rotatable bonds is 6. The molecule has 2 heterocycles. The molecule has 112 valence electrons. The van der Waals surface area contributed by atoms with Crippen molar-refractivity contribution in [2.24, 2.45) is 0 Å². The van der Waals surface area contributed by atoms with E-state index in [4.69, 9.17) is 5.11 Å². The Morgan fingerprint density at radius 1 is 1.43 bits per heavy atom. The molecule has 2 rings (SSSR count). The maximum absolute atomic E-state index is 11.8. The molecule has 0 aliphatic rings. The molecule has 2 aromatic rings. The van der Waals surface area contributed by atoms with Crippen molar-refractivity contribution in [1.82, 2.24) is 24.9 Å². The van der Waals surface area contributed by atoms with Crippen LogP contribution < -0.4 is 10.2 Å².